The summed E-state index contributed by atoms with van der Waals surface area (Å²) in [6.45, 7) is 2.46. The highest BCUT2D eigenvalue weighted by atomic mass is 35.5. The summed E-state index contributed by atoms with van der Waals surface area (Å²) in [6, 6.07) is 22.5. The van der Waals surface area contributed by atoms with Gasteiger partial charge in [0.15, 0.2) is 5.78 Å². The van der Waals surface area contributed by atoms with E-state index in [1.807, 2.05) is 55.5 Å². The summed E-state index contributed by atoms with van der Waals surface area (Å²) >= 11 is 5.94. The highest BCUT2D eigenvalue weighted by Crippen LogP contribution is 2.34. The van der Waals surface area contributed by atoms with Crippen LogP contribution in [0.4, 0.5) is 0 Å². The van der Waals surface area contributed by atoms with Crippen LogP contribution in [0.2, 0.25) is 5.02 Å². The molecule has 3 aromatic carbocycles. The van der Waals surface area contributed by atoms with E-state index in [4.69, 9.17) is 11.6 Å². The number of benzene rings is 3. The predicted molar refractivity (Wildman–Crippen MR) is 109 cm³/mol. The molecule has 0 bridgehead atoms. The lowest BCUT2D eigenvalue weighted by Crippen LogP contribution is -2.02. The summed E-state index contributed by atoms with van der Waals surface area (Å²) in [7, 11) is 0. The van der Waals surface area contributed by atoms with Crippen molar-refractivity contribution < 1.29 is 9.90 Å². The van der Waals surface area contributed by atoms with Gasteiger partial charge in [0.2, 0.25) is 5.88 Å². The molecule has 0 saturated heterocycles. The van der Waals surface area contributed by atoms with Gasteiger partial charge in [0.1, 0.15) is 0 Å². The van der Waals surface area contributed by atoms with Crippen LogP contribution in [-0.2, 0) is 6.54 Å². The number of rotatable bonds is 4. The maximum Gasteiger partial charge on any atom is 0.203 e. The van der Waals surface area contributed by atoms with Crippen LogP contribution >= 0.6 is 11.6 Å². The van der Waals surface area contributed by atoms with E-state index in [9.17, 15) is 9.90 Å². The number of aromatic hydroxyl groups is 1. The van der Waals surface area contributed by atoms with Crippen molar-refractivity contribution in [3.8, 4) is 5.88 Å². The normalized spacial score (nSPS) is 11.0. The van der Waals surface area contributed by atoms with E-state index < -0.39 is 0 Å². The second-order valence-corrected chi connectivity index (χ2v) is 7.06. The molecule has 27 heavy (non-hydrogen) atoms. The topological polar surface area (TPSA) is 42.2 Å². The van der Waals surface area contributed by atoms with E-state index in [0.29, 0.717) is 22.7 Å². The third-order valence-electron chi connectivity index (χ3n) is 4.71. The molecule has 0 spiro atoms. The van der Waals surface area contributed by atoms with Crippen LogP contribution < -0.4 is 0 Å². The third kappa shape index (κ3) is 3.22. The first-order chi connectivity index (χ1) is 13.0. The Morgan fingerprint density at radius 3 is 2.41 bits per heavy atom. The van der Waals surface area contributed by atoms with Gasteiger partial charge in [-0.1, -0.05) is 53.6 Å². The molecule has 0 aliphatic rings. The van der Waals surface area contributed by atoms with Crippen molar-refractivity contribution in [3.63, 3.8) is 0 Å². The highest BCUT2D eigenvalue weighted by molar-refractivity contribution is 6.30. The number of nitrogens with zero attached hydrogens (tertiary/aromatic N) is 1. The minimum absolute atomic E-state index is 0.0144. The van der Waals surface area contributed by atoms with E-state index in [1.165, 1.54) is 0 Å². The number of hydrogen-bond acceptors (Lipinski definition) is 2. The molecule has 0 fully saturated rings. The van der Waals surface area contributed by atoms with Crippen LogP contribution in [0, 0.1) is 6.92 Å². The largest absolute Gasteiger partial charge is 0.494 e. The second kappa shape index (κ2) is 6.93. The molecule has 0 amide bonds. The minimum atomic E-state index is -0.216. The van der Waals surface area contributed by atoms with Crippen molar-refractivity contribution >= 4 is 28.3 Å². The van der Waals surface area contributed by atoms with Gasteiger partial charge < -0.3 is 9.67 Å². The lowest BCUT2D eigenvalue weighted by atomic mass is 10.0. The fourth-order valence-electron chi connectivity index (χ4n) is 3.35. The molecular weight excluding hydrogens is 358 g/mol. The van der Waals surface area contributed by atoms with E-state index >= 15 is 0 Å². The number of fused-ring (bicyclic) bond motifs is 1. The molecule has 0 aliphatic carbocycles. The monoisotopic (exact) mass is 375 g/mol. The van der Waals surface area contributed by atoms with Gasteiger partial charge in [-0.25, -0.2) is 0 Å². The summed E-state index contributed by atoms with van der Waals surface area (Å²) in [5.41, 5.74) is 3.74. The molecular formula is C23H18ClNO2. The van der Waals surface area contributed by atoms with Gasteiger partial charge in [0.05, 0.1) is 17.6 Å². The summed E-state index contributed by atoms with van der Waals surface area (Å²) in [5, 5.41) is 12.3. The van der Waals surface area contributed by atoms with Crippen LogP contribution in [0.1, 0.15) is 27.0 Å². The SMILES string of the molecule is Cc1ccc2c(c1)c(C(=O)c1ccc(Cl)cc1)c(O)n2Cc1ccccc1. The Bertz CT molecular complexity index is 1130. The quantitative estimate of drug-likeness (QED) is 0.472. The summed E-state index contributed by atoms with van der Waals surface area (Å²) in [5.74, 6) is -0.231. The molecule has 0 atom stereocenters. The molecule has 0 radical (unpaired) electrons. The minimum Gasteiger partial charge on any atom is -0.494 e. The first-order valence-electron chi connectivity index (χ1n) is 8.70. The number of aromatic nitrogens is 1. The molecule has 0 aliphatic heterocycles. The second-order valence-electron chi connectivity index (χ2n) is 6.63. The Morgan fingerprint density at radius 2 is 1.70 bits per heavy atom. The highest BCUT2D eigenvalue weighted by Gasteiger charge is 2.23. The number of ketones is 1. The van der Waals surface area contributed by atoms with Gasteiger partial charge in [-0.15, -0.1) is 0 Å². The molecule has 0 saturated carbocycles. The van der Waals surface area contributed by atoms with Gasteiger partial charge in [-0.05, 0) is 48.9 Å². The molecule has 4 heteroatoms. The van der Waals surface area contributed by atoms with Crippen LogP contribution in [0.3, 0.4) is 0 Å². The number of carbonyl (C=O) groups excluding carboxylic acids is 1. The first kappa shape index (κ1) is 17.4. The van der Waals surface area contributed by atoms with Crippen molar-refractivity contribution in [2.45, 2.75) is 13.5 Å². The van der Waals surface area contributed by atoms with Gasteiger partial charge >= 0.3 is 0 Å². The van der Waals surface area contributed by atoms with E-state index in [-0.39, 0.29) is 11.7 Å². The van der Waals surface area contributed by atoms with E-state index in [1.54, 1.807) is 28.8 Å². The molecule has 3 nitrogen and oxygen atoms in total. The van der Waals surface area contributed by atoms with Crippen molar-refractivity contribution in [3.05, 3.63) is 100 Å². The van der Waals surface area contributed by atoms with Crippen molar-refractivity contribution in [2.75, 3.05) is 0 Å². The third-order valence-corrected chi connectivity index (χ3v) is 4.96. The van der Waals surface area contributed by atoms with Gasteiger partial charge in [0, 0.05) is 16.0 Å². The fraction of sp³-hybridized carbons (Fsp3) is 0.0870. The smallest absolute Gasteiger partial charge is 0.203 e. The lowest BCUT2D eigenvalue weighted by Gasteiger charge is -2.07. The predicted octanol–water partition coefficient (Wildman–Crippen LogP) is 5.59. The van der Waals surface area contributed by atoms with Crippen molar-refractivity contribution in [1.82, 2.24) is 4.57 Å². The molecule has 1 heterocycles. The zero-order valence-electron chi connectivity index (χ0n) is 14.8. The maximum atomic E-state index is 13.2. The molecule has 0 unspecified atom stereocenters. The lowest BCUT2D eigenvalue weighted by molar-refractivity contribution is 0.103. The van der Waals surface area contributed by atoms with Crippen LogP contribution in [0.15, 0.2) is 72.8 Å². The Kier molecular flexibility index (Phi) is 4.46. The average molecular weight is 376 g/mol. The Morgan fingerprint density at radius 1 is 1.00 bits per heavy atom. The van der Waals surface area contributed by atoms with Gasteiger partial charge in [-0.3, -0.25) is 4.79 Å². The van der Waals surface area contributed by atoms with Gasteiger partial charge in [-0.2, -0.15) is 0 Å². The standard InChI is InChI=1S/C23H18ClNO2/c1-15-7-12-20-19(13-15)21(22(26)17-8-10-18(24)11-9-17)23(27)25(20)14-16-5-3-2-4-6-16/h2-13,27H,14H2,1H3. The molecule has 1 aromatic heterocycles. The summed E-state index contributed by atoms with van der Waals surface area (Å²) in [6.07, 6.45) is 0. The fourth-order valence-corrected chi connectivity index (χ4v) is 3.48. The van der Waals surface area contributed by atoms with Crippen molar-refractivity contribution in [2.24, 2.45) is 0 Å². The van der Waals surface area contributed by atoms with E-state index in [0.717, 1.165) is 22.0 Å². The van der Waals surface area contributed by atoms with Gasteiger partial charge in [0.25, 0.3) is 0 Å². The average Bonchev–Trinajstić information content (AvgIpc) is 2.93. The zero-order chi connectivity index (χ0) is 19.0. The number of aryl methyl sites for hydroxylation is 1. The summed E-state index contributed by atoms with van der Waals surface area (Å²) < 4.78 is 1.78. The zero-order valence-corrected chi connectivity index (χ0v) is 15.6. The maximum absolute atomic E-state index is 13.2. The molecule has 134 valence electrons. The number of carbonyl (C=O) groups is 1. The Balaban J connectivity index is 1.89. The van der Waals surface area contributed by atoms with E-state index in [2.05, 4.69) is 0 Å². The number of halogens is 1. The van der Waals surface area contributed by atoms with Crippen LogP contribution in [0.5, 0.6) is 5.88 Å². The van der Waals surface area contributed by atoms with Crippen LogP contribution in [-0.4, -0.2) is 15.5 Å². The number of hydrogen-bond donors (Lipinski definition) is 1. The van der Waals surface area contributed by atoms with Crippen LogP contribution in [0.25, 0.3) is 10.9 Å². The first-order valence-corrected chi connectivity index (χ1v) is 9.08. The Labute approximate surface area is 162 Å². The summed E-state index contributed by atoms with van der Waals surface area (Å²) in [4.78, 5) is 13.2. The Hall–Kier alpha value is -3.04. The molecule has 1 N–H and O–H groups in total. The molecule has 4 aromatic rings. The molecule has 4 rings (SSSR count). The van der Waals surface area contributed by atoms with Crippen molar-refractivity contribution in [1.29, 1.82) is 0 Å².